The number of esters is 1. The molecule has 4 rings (SSSR count). The minimum atomic E-state index is -0.900. The molecule has 2 heterocycles. The summed E-state index contributed by atoms with van der Waals surface area (Å²) in [5, 5.41) is 6.57. The molecule has 0 fully saturated rings. The van der Waals surface area contributed by atoms with Crippen LogP contribution in [0.2, 0.25) is 0 Å². The summed E-state index contributed by atoms with van der Waals surface area (Å²) in [4.78, 5) is 28.4. The number of pyridine rings is 1. The van der Waals surface area contributed by atoms with Gasteiger partial charge in [0.05, 0.1) is 17.7 Å². The van der Waals surface area contributed by atoms with Crippen LogP contribution in [0.25, 0.3) is 0 Å². The van der Waals surface area contributed by atoms with Crippen molar-refractivity contribution in [2.45, 2.75) is 30.9 Å². The number of halogens is 1. The van der Waals surface area contributed by atoms with Gasteiger partial charge in [0.15, 0.2) is 0 Å². The third-order valence-corrected chi connectivity index (χ3v) is 6.48. The van der Waals surface area contributed by atoms with Crippen LogP contribution in [0.4, 0.5) is 0 Å². The zero-order chi connectivity index (χ0) is 24.9. The van der Waals surface area contributed by atoms with Gasteiger partial charge < -0.3 is 14.2 Å². The number of carbonyl (C=O) groups is 2. The lowest BCUT2D eigenvalue weighted by atomic mass is 10.1. The average Bonchev–Trinajstić information content (AvgIpc) is 3.30. The molecular formula is C25H22BrN3O5S. The molecule has 1 atom stereocenters. The van der Waals surface area contributed by atoms with E-state index in [0.717, 1.165) is 20.8 Å². The molecule has 0 N–H and O–H groups in total. The number of ether oxygens (including phenoxy) is 3. The Balaban J connectivity index is 1.65. The van der Waals surface area contributed by atoms with Crippen LogP contribution in [0.3, 0.4) is 0 Å². The molecule has 0 saturated heterocycles. The van der Waals surface area contributed by atoms with E-state index in [2.05, 4.69) is 26.0 Å². The molecule has 1 aliphatic rings. The summed E-state index contributed by atoms with van der Waals surface area (Å²) in [5.41, 5.74) is 2.09. The first-order valence-corrected chi connectivity index (χ1v) is 12.4. The number of thioether (sulfide) groups is 1. The van der Waals surface area contributed by atoms with Crippen LogP contribution in [0.5, 0.6) is 11.5 Å². The molecule has 0 radical (unpaired) electrons. The minimum absolute atomic E-state index is 0.269. The molecular weight excluding hydrogens is 534 g/mol. The van der Waals surface area contributed by atoms with E-state index in [0.29, 0.717) is 16.9 Å². The third-order valence-electron chi connectivity index (χ3n) is 5.00. The summed E-state index contributed by atoms with van der Waals surface area (Å²) in [5.74, 6) is 1.09. The molecule has 10 heteroatoms. The molecule has 2 aromatic carbocycles. The van der Waals surface area contributed by atoms with Crippen molar-refractivity contribution in [3.8, 4) is 11.5 Å². The SMILES string of the molecule is COc1ccc(C2=NN(C(C)=O)[C@H](c3cc(Br)ccc3OC(C)=O)O2)cc1CSc1ccccn1. The molecule has 3 aromatic rings. The number of nitrogens with zero attached hydrogens (tertiary/aromatic N) is 3. The quantitative estimate of drug-likeness (QED) is 0.221. The molecule has 0 bridgehead atoms. The standard InChI is InChI=1S/C25H22BrN3O5S/c1-15(30)29-25(20-13-19(26)8-10-22(20)33-16(2)31)34-24(28-29)17-7-9-21(32-3)18(12-17)14-35-23-6-4-5-11-27-23/h4-13,25H,14H2,1-3H3/t25-/m0/s1. The molecule has 0 saturated carbocycles. The summed E-state index contributed by atoms with van der Waals surface area (Å²) in [6, 6.07) is 16.4. The zero-order valence-corrected chi connectivity index (χ0v) is 21.6. The fraction of sp³-hybridized carbons (Fsp3) is 0.200. The van der Waals surface area contributed by atoms with Crippen molar-refractivity contribution < 1.29 is 23.8 Å². The van der Waals surface area contributed by atoms with E-state index in [1.807, 2.05) is 36.4 Å². The maximum atomic E-state index is 12.4. The van der Waals surface area contributed by atoms with Crippen LogP contribution >= 0.6 is 27.7 Å². The highest BCUT2D eigenvalue weighted by Crippen LogP contribution is 2.38. The van der Waals surface area contributed by atoms with Crippen molar-refractivity contribution in [3.63, 3.8) is 0 Å². The summed E-state index contributed by atoms with van der Waals surface area (Å²) in [6.45, 7) is 2.71. The lowest BCUT2D eigenvalue weighted by molar-refractivity contribution is -0.135. The van der Waals surface area contributed by atoms with Gasteiger partial charge in [-0.25, -0.2) is 4.98 Å². The first kappa shape index (κ1) is 24.7. The van der Waals surface area contributed by atoms with Crippen molar-refractivity contribution >= 4 is 45.5 Å². The molecule has 0 spiro atoms. The van der Waals surface area contributed by atoms with Gasteiger partial charge in [0.2, 0.25) is 18.0 Å². The molecule has 1 aliphatic heterocycles. The van der Waals surface area contributed by atoms with Crippen LogP contribution in [0, 0.1) is 0 Å². The van der Waals surface area contributed by atoms with Crippen molar-refractivity contribution in [2.24, 2.45) is 5.10 Å². The molecule has 180 valence electrons. The Bertz CT molecular complexity index is 1290. The van der Waals surface area contributed by atoms with Gasteiger partial charge in [-0.2, -0.15) is 5.01 Å². The van der Waals surface area contributed by atoms with Crippen LogP contribution in [-0.2, 0) is 20.1 Å². The second-order valence-corrected chi connectivity index (χ2v) is 9.41. The molecule has 1 amide bonds. The fourth-order valence-electron chi connectivity index (χ4n) is 3.45. The van der Waals surface area contributed by atoms with E-state index < -0.39 is 12.2 Å². The number of hydrazone groups is 1. The average molecular weight is 556 g/mol. The highest BCUT2D eigenvalue weighted by atomic mass is 79.9. The predicted molar refractivity (Wildman–Crippen MR) is 135 cm³/mol. The smallest absolute Gasteiger partial charge is 0.308 e. The lowest BCUT2D eigenvalue weighted by Gasteiger charge is -2.21. The number of rotatable bonds is 7. The first-order valence-electron chi connectivity index (χ1n) is 10.6. The summed E-state index contributed by atoms with van der Waals surface area (Å²) >= 11 is 5.01. The Morgan fingerprint density at radius 2 is 1.91 bits per heavy atom. The van der Waals surface area contributed by atoms with Crippen molar-refractivity contribution in [1.29, 1.82) is 0 Å². The number of hydrogen-bond acceptors (Lipinski definition) is 8. The minimum Gasteiger partial charge on any atom is -0.496 e. The van der Waals surface area contributed by atoms with Gasteiger partial charge in [0, 0.05) is 41.4 Å². The summed E-state index contributed by atoms with van der Waals surface area (Å²) in [7, 11) is 1.62. The summed E-state index contributed by atoms with van der Waals surface area (Å²) < 4.78 is 17.8. The number of hydrogen-bond donors (Lipinski definition) is 0. The Labute approximate surface area is 215 Å². The number of amides is 1. The Hall–Kier alpha value is -3.37. The molecule has 0 unspecified atom stereocenters. The van der Waals surface area contributed by atoms with E-state index in [1.54, 1.807) is 43.3 Å². The van der Waals surface area contributed by atoms with Crippen LogP contribution in [0.1, 0.15) is 36.8 Å². The van der Waals surface area contributed by atoms with Gasteiger partial charge in [0.25, 0.3) is 0 Å². The van der Waals surface area contributed by atoms with Gasteiger partial charge in [-0.15, -0.1) is 16.9 Å². The van der Waals surface area contributed by atoms with E-state index in [9.17, 15) is 9.59 Å². The van der Waals surface area contributed by atoms with Crippen molar-refractivity contribution in [1.82, 2.24) is 9.99 Å². The summed E-state index contributed by atoms with van der Waals surface area (Å²) in [6.07, 6.45) is 0.849. The third kappa shape index (κ3) is 5.83. The van der Waals surface area contributed by atoms with Gasteiger partial charge in [0.1, 0.15) is 11.5 Å². The van der Waals surface area contributed by atoms with Crippen LogP contribution in [0.15, 0.2) is 75.4 Å². The molecule has 8 nitrogen and oxygen atoms in total. The van der Waals surface area contributed by atoms with Gasteiger partial charge in [-0.3, -0.25) is 9.59 Å². The van der Waals surface area contributed by atoms with Crippen LogP contribution in [-0.4, -0.2) is 34.9 Å². The van der Waals surface area contributed by atoms with Gasteiger partial charge in [-0.05, 0) is 48.5 Å². The maximum Gasteiger partial charge on any atom is 0.308 e. The van der Waals surface area contributed by atoms with Crippen molar-refractivity contribution in [2.75, 3.05) is 7.11 Å². The second kappa shape index (κ2) is 10.9. The maximum absolute atomic E-state index is 12.4. The lowest BCUT2D eigenvalue weighted by Crippen LogP contribution is -2.26. The largest absolute Gasteiger partial charge is 0.496 e. The fourth-order valence-corrected chi connectivity index (χ4v) is 4.67. The predicted octanol–water partition coefficient (Wildman–Crippen LogP) is 5.31. The zero-order valence-electron chi connectivity index (χ0n) is 19.2. The topological polar surface area (TPSA) is 90.3 Å². The Morgan fingerprint density at radius 3 is 2.60 bits per heavy atom. The van der Waals surface area contributed by atoms with E-state index in [1.165, 1.54) is 18.9 Å². The van der Waals surface area contributed by atoms with Crippen molar-refractivity contribution in [3.05, 3.63) is 82.0 Å². The first-order chi connectivity index (χ1) is 16.9. The number of carbonyl (C=O) groups excluding carboxylic acids is 2. The highest BCUT2D eigenvalue weighted by molar-refractivity contribution is 9.10. The molecule has 1 aromatic heterocycles. The van der Waals surface area contributed by atoms with E-state index in [4.69, 9.17) is 14.2 Å². The highest BCUT2D eigenvalue weighted by Gasteiger charge is 2.35. The number of aromatic nitrogens is 1. The van der Waals surface area contributed by atoms with E-state index >= 15 is 0 Å². The second-order valence-electron chi connectivity index (χ2n) is 7.50. The Morgan fingerprint density at radius 1 is 1.11 bits per heavy atom. The normalized spacial score (nSPS) is 14.8. The molecule has 35 heavy (non-hydrogen) atoms. The number of benzene rings is 2. The van der Waals surface area contributed by atoms with E-state index in [-0.39, 0.29) is 17.6 Å². The van der Waals surface area contributed by atoms with Gasteiger partial charge >= 0.3 is 5.97 Å². The van der Waals surface area contributed by atoms with Gasteiger partial charge in [-0.1, -0.05) is 22.0 Å². The number of methoxy groups -OCH3 is 1. The Kier molecular flexibility index (Phi) is 7.72. The van der Waals surface area contributed by atoms with Crippen LogP contribution < -0.4 is 9.47 Å². The molecule has 0 aliphatic carbocycles. The monoisotopic (exact) mass is 555 g/mol.